The van der Waals surface area contributed by atoms with E-state index >= 15 is 0 Å². The molecule has 3 heterocycles. The van der Waals surface area contributed by atoms with Crippen molar-refractivity contribution >= 4 is 58.0 Å². The molecular formula is C23H33IN6OS. The molecule has 0 radical (unpaired) electrons. The first kappa shape index (κ1) is 24.6. The zero-order valence-electron chi connectivity index (χ0n) is 18.6. The van der Waals surface area contributed by atoms with E-state index in [0.717, 1.165) is 75.9 Å². The molecule has 0 unspecified atom stereocenters. The summed E-state index contributed by atoms with van der Waals surface area (Å²) >= 11 is 1.80. The van der Waals surface area contributed by atoms with Crippen LogP contribution in [0.2, 0.25) is 0 Å². The summed E-state index contributed by atoms with van der Waals surface area (Å²) in [5.41, 5.74) is 1.92. The average Bonchev–Trinajstić information content (AvgIpc) is 3.52. The van der Waals surface area contributed by atoms with E-state index in [4.69, 9.17) is 4.99 Å². The third-order valence-corrected chi connectivity index (χ3v) is 6.64. The van der Waals surface area contributed by atoms with Crippen LogP contribution in [0.1, 0.15) is 25.3 Å². The zero-order chi connectivity index (χ0) is 21.5. The summed E-state index contributed by atoms with van der Waals surface area (Å²) in [6, 6.07) is 12.3. The molecule has 0 bridgehead atoms. The van der Waals surface area contributed by atoms with E-state index in [1.165, 1.54) is 5.00 Å². The van der Waals surface area contributed by atoms with E-state index in [1.54, 1.807) is 11.3 Å². The van der Waals surface area contributed by atoms with Gasteiger partial charge < -0.3 is 25.3 Å². The minimum Gasteiger partial charge on any atom is -0.360 e. The molecular weight excluding hydrogens is 535 g/mol. The Balaban J connectivity index is 0.00000289. The van der Waals surface area contributed by atoms with Crippen molar-refractivity contribution in [2.24, 2.45) is 4.99 Å². The monoisotopic (exact) mass is 568 g/mol. The van der Waals surface area contributed by atoms with Crippen molar-refractivity contribution in [3.63, 3.8) is 0 Å². The molecule has 9 heteroatoms. The van der Waals surface area contributed by atoms with Crippen LogP contribution >= 0.6 is 35.3 Å². The van der Waals surface area contributed by atoms with Gasteiger partial charge >= 0.3 is 6.03 Å². The molecule has 7 nitrogen and oxygen atoms in total. The van der Waals surface area contributed by atoms with E-state index < -0.39 is 0 Å². The zero-order valence-corrected chi connectivity index (χ0v) is 21.8. The highest BCUT2D eigenvalue weighted by Gasteiger charge is 2.20. The van der Waals surface area contributed by atoms with Crippen LogP contribution in [-0.4, -0.2) is 67.6 Å². The summed E-state index contributed by atoms with van der Waals surface area (Å²) in [7, 11) is 0. The number of anilines is 2. The maximum Gasteiger partial charge on any atom is 0.321 e. The van der Waals surface area contributed by atoms with Gasteiger partial charge in [-0.3, -0.25) is 0 Å². The molecule has 0 spiro atoms. The van der Waals surface area contributed by atoms with Gasteiger partial charge in [0.25, 0.3) is 0 Å². The van der Waals surface area contributed by atoms with Gasteiger partial charge in [0.2, 0.25) is 0 Å². The van der Waals surface area contributed by atoms with Gasteiger partial charge in [-0.1, -0.05) is 12.1 Å². The summed E-state index contributed by atoms with van der Waals surface area (Å²) < 4.78 is 0. The summed E-state index contributed by atoms with van der Waals surface area (Å²) in [6.45, 7) is 9.14. The molecule has 2 saturated heterocycles. The fourth-order valence-electron chi connectivity index (χ4n) is 4.05. The highest BCUT2D eigenvalue weighted by atomic mass is 127. The minimum absolute atomic E-state index is 0. The number of likely N-dealkylation sites (tertiary alicyclic amines) is 1. The second-order valence-electron chi connectivity index (χ2n) is 7.92. The second-order valence-corrected chi connectivity index (χ2v) is 8.85. The number of thiophene rings is 1. The van der Waals surface area contributed by atoms with Gasteiger partial charge in [-0.05, 0) is 55.0 Å². The van der Waals surface area contributed by atoms with Crippen LogP contribution in [0.5, 0.6) is 0 Å². The van der Waals surface area contributed by atoms with E-state index in [-0.39, 0.29) is 30.0 Å². The lowest BCUT2D eigenvalue weighted by molar-refractivity contribution is 0.222. The summed E-state index contributed by atoms with van der Waals surface area (Å²) in [5.74, 6) is 0.958. The number of piperazine rings is 1. The molecule has 2 amide bonds. The molecule has 2 aliphatic heterocycles. The summed E-state index contributed by atoms with van der Waals surface area (Å²) in [5, 5.41) is 9.94. The van der Waals surface area contributed by atoms with Crippen molar-refractivity contribution < 1.29 is 4.79 Å². The molecule has 2 fully saturated rings. The van der Waals surface area contributed by atoms with Crippen LogP contribution < -0.4 is 15.5 Å². The quantitative estimate of drug-likeness (QED) is 0.321. The Morgan fingerprint density at radius 1 is 1.03 bits per heavy atom. The number of hydrogen-bond acceptors (Lipinski definition) is 4. The number of carbonyl (C=O) groups excluding carboxylic acids is 1. The number of hydrogen-bond donors (Lipinski definition) is 2. The number of aliphatic imine (C=N–C) groups is 1. The number of rotatable bonds is 5. The topological polar surface area (TPSA) is 63.2 Å². The normalized spacial score (nSPS) is 16.7. The minimum atomic E-state index is -0.00454. The Labute approximate surface area is 211 Å². The van der Waals surface area contributed by atoms with Crippen LogP contribution in [0.4, 0.5) is 15.5 Å². The predicted octanol–water partition coefficient (Wildman–Crippen LogP) is 4.28. The highest BCUT2D eigenvalue weighted by molar-refractivity contribution is 14.0. The van der Waals surface area contributed by atoms with Gasteiger partial charge in [0.15, 0.2) is 5.96 Å². The molecule has 32 heavy (non-hydrogen) atoms. The Morgan fingerprint density at radius 3 is 2.50 bits per heavy atom. The largest absolute Gasteiger partial charge is 0.360 e. The fourth-order valence-corrected chi connectivity index (χ4v) is 4.84. The molecule has 2 aromatic rings. The predicted molar refractivity (Wildman–Crippen MR) is 145 cm³/mol. The molecule has 174 valence electrons. The first-order chi connectivity index (χ1) is 15.2. The second kappa shape index (κ2) is 12.3. The van der Waals surface area contributed by atoms with Crippen molar-refractivity contribution in [3.8, 4) is 0 Å². The molecule has 0 saturated carbocycles. The molecule has 2 N–H and O–H groups in total. The Bertz CT molecular complexity index is 876. The van der Waals surface area contributed by atoms with Gasteiger partial charge in [-0.25, -0.2) is 9.79 Å². The summed E-state index contributed by atoms with van der Waals surface area (Å²) in [6.07, 6.45) is 2.19. The van der Waals surface area contributed by atoms with E-state index in [9.17, 15) is 4.79 Å². The first-order valence-electron chi connectivity index (χ1n) is 11.2. The standard InChI is InChI=1S/C23H32N6OS.HI/c1-2-24-22(28-14-12-27(13-15-28)21-9-6-16-31-21)25-18-19-7-5-8-20(17-19)26-23(30)29-10-3-4-11-29;/h5-9,16-17H,2-4,10-15,18H2,1H3,(H,24,25)(H,26,30);1H. The smallest absolute Gasteiger partial charge is 0.321 e. The SMILES string of the molecule is CCNC(=NCc1cccc(NC(=O)N2CCCC2)c1)N1CCN(c2cccs2)CC1.I. The van der Waals surface area contributed by atoms with Gasteiger partial charge in [0, 0.05) is 51.5 Å². The van der Waals surface area contributed by atoms with Crippen LogP contribution in [-0.2, 0) is 6.54 Å². The average molecular weight is 569 g/mol. The van der Waals surface area contributed by atoms with Gasteiger partial charge in [-0.2, -0.15) is 0 Å². The lowest BCUT2D eigenvalue weighted by Crippen LogP contribution is -2.52. The van der Waals surface area contributed by atoms with Gasteiger partial charge in [-0.15, -0.1) is 35.3 Å². The number of guanidine groups is 1. The first-order valence-corrected chi connectivity index (χ1v) is 12.1. The number of benzene rings is 1. The van der Waals surface area contributed by atoms with Crippen LogP contribution in [0.15, 0.2) is 46.8 Å². The molecule has 1 aromatic carbocycles. The van der Waals surface area contributed by atoms with Crippen LogP contribution in [0.25, 0.3) is 0 Å². The molecule has 2 aliphatic rings. The molecule has 0 aliphatic carbocycles. The van der Waals surface area contributed by atoms with Gasteiger partial charge in [0.1, 0.15) is 0 Å². The number of halogens is 1. The third-order valence-electron chi connectivity index (χ3n) is 5.71. The Hall–Kier alpha value is -2.01. The maximum absolute atomic E-state index is 12.4. The molecule has 0 atom stereocenters. The molecule has 1 aromatic heterocycles. The van der Waals surface area contributed by atoms with Crippen molar-refractivity contribution in [2.45, 2.75) is 26.3 Å². The number of nitrogens with zero attached hydrogens (tertiary/aromatic N) is 4. The number of carbonyl (C=O) groups is 1. The Kier molecular flexibility index (Phi) is 9.46. The summed E-state index contributed by atoms with van der Waals surface area (Å²) in [4.78, 5) is 23.9. The van der Waals surface area contributed by atoms with E-state index in [2.05, 4.69) is 50.9 Å². The lowest BCUT2D eigenvalue weighted by Gasteiger charge is -2.37. The van der Waals surface area contributed by atoms with Crippen LogP contribution in [0, 0.1) is 0 Å². The third kappa shape index (κ3) is 6.50. The number of nitrogens with one attached hydrogen (secondary N) is 2. The van der Waals surface area contributed by atoms with Crippen molar-refractivity contribution in [2.75, 3.05) is 56.0 Å². The number of amides is 2. The van der Waals surface area contributed by atoms with Crippen molar-refractivity contribution in [3.05, 3.63) is 47.3 Å². The highest BCUT2D eigenvalue weighted by Crippen LogP contribution is 2.22. The fraction of sp³-hybridized carbons (Fsp3) is 0.478. The van der Waals surface area contributed by atoms with E-state index in [1.807, 2.05) is 23.1 Å². The van der Waals surface area contributed by atoms with Gasteiger partial charge in [0.05, 0.1) is 11.5 Å². The van der Waals surface area contributed by atoms with Crippen molar-refractivity contribution in [1.29, 1.82) is 0 Å². The van der Waals surface area contributed by atoms with E-state index in [0.29, 0.717) is 6.54 Å². The van der Waals surface area contributed by atoms with Crippen LogP contribution in [0.3, 0.4) is 0 Å². The number of urea groups is 1. The van der Waals surface area contributed by atoms with Crippen molar-refractivity contribution in [1.82, 2.24) is 15.1 Å². The molecule has 4 rings (SSSR count). The lowest BCUT2D eigenvalue weighted by atomic mass is 10.2. The maximum atomic E-state index is 12.4. The Morgan fingerprint density at radius 2 is 1.81 bits per heavy atom.